The summed E-state index contributed by atoms with van der Waals surface area (Å²) in [6, 6.07) is 9.82. The maximum atomic E-state index is 13.5. The van der Waals surface area contributed by atoms with E-state index in [0.717, 1.165) is 29.5 Å². The van der Waals surface area contributed by atoms with Gasteiger partial charge in [0.25, 0.3) is 0 Å². The van der Waals surface area contributed by atoms with Crippen LogP contribution in [0.25, 0.3) is 0 Å². The average Bonchev–Trinajstić information content (AvgIpc) is 2.72. The van der Waals surface area contributed by atoms with Crippen LogP contribution in [-0.4, -0.2) is 11.1 Å². The molecule has 2 aromatic rings. The van der Waals surface area contributed by atoms with Crippen molar-refractivity contribution in [3.05, 3.63) is 58.1 Å². The van der Waals surface area contributed by atoms with E-state index in [9.17, 15) is 9.90 Å². The Hall–Kier alpha value is -2.29. The van der Waals surface area contributed by atoms with Gasteiger partial charge in [-0.15, -0.1) is 0 Å². The Labute approximate surface area is 207 Å². The van der Waals surface area contributed by atoms with Crippen molar-refractivity contribution in [3.8, 4) is 11.5 Å². The van der Waals surface area contributed by atoms with Crippen molar-refractivity contribution in [2.45, 2.75) is 118 Å². The molecule has 0 radical (unpaired) electrons. The summed E-state index contributed by atoms with van der Waals surface area (Å²) in [5, 5.41) is 11.0. The lowest BCUT2D eigenvalue weighted by atomic mass is 9.76. The highest BCUT2D eigenvalue weighted by atomic mass is 16.5. The van der Waals surface area contributed by atoms with Gasteiger partial charge in [0.1, 0.15) is 11.5 Å². The quantitative estimate of drug-likeness (QED) is 0.342. The van der Waals surface area contributed by atoms with Crippen LogP contribution in [0.1, 0.15) is 129 Å². The lowest BCUT2D eigenvalue weighted by Gasteiger charge is -2.30. The van der Waals surface area contributed by atoms with Gasteiger partial charge in [-0.3, -0.25) is 0 Å². The Balaban J connectivity index is 2.63. The molecule has 0 aliphatic heterocycles. The third-order valence-electron chi connectivity index (χ3n) is 7.42. The SMILES string of the molecule is CCC(C)(C)c1ccc(OC(=O)c2cc(C(C)(C)C)c(O)c(C(C)(C)C)c2)c(C(C)(C)CC)c1. The Kier molecular flexibility index (Phi) is 7.72. The average molecular weight is 467 g/mol. The summed E-state index contributed by atoms with van der Waals surface area (Å²) >= 11 is 0. The molecule has 0 heterocycles. The Morgan fingerprint density at radius 2 is 1.21 bits per heavy atom. The molecular formula is C31H46O3. The third kappa shape index (κ3) is 5.85. The van der Waals surface area contributed by atoms with Gasteiger partial charge in [-0.2, -0.15) is 0 Å². The minimum atomic E-state index is -0.397. The predicted octanol–water partition coefficient (Wildman–Crippen LogP) is 8.58. The van der Waals surface area contributed by atoms with E-state index >= 15 is 0 Å². The van der Waals surface area contributed by atoms with Gasteiger partial charge in [0, 0.05) is 16.7 Å². The zero-order valence-electron chi connectivity index (χ0n) is 23.6. The zero-order chi connectivity index (χ0) is 26.3. The molecule has 0 spiro atoms. The van der Waals surface area contributed by atoms with E-state index in [4.69, 9.17) is 4.74 Å². The van der Waals surface area contributed by atoms with E-state index < -0.39 is 5.97 Å². The van der Waals surface area contributed by atoms with E-state index in [2.05, 4.69) is 53.7 Å². The van der Waals surface area contributed by atoms with Crippen molar-refractivity contribution in [2.75, 3.05) is 0 Å². The van der Waals surface area contributed by atoms with Gasteiger partial charge < -0.3 is 9.84 Å². The Morgan fingerprint density at radius 1 is 0.735 bits per heavy atom. The standard InChI is InChI=1S/C31H46O3/c1-13-30(9,10)21-15-16-25(22(19-21)31(11,12)14-2)34-27(33)20-17-23(28(3,4)5)26(32)24(18-20)29(6,7)8/h15-19,32H,13-14H2,1-12H3. The number of hydrogen-bond acceptors (Lipinski definition) is 3. The molecule has 34 heavy (non-hydrogen) atoms. The molecule has 0 fully saturated rings. The lowest BCUT2D eigenvalue weighted by Crippen LogP contribution is -2.23. The van der Waals surface area contributed by atoms with E-state index in [-0.39, 0.29) is 27.4 Å². The Morgan fingerprint density at radius 3 is 1.62 bits per heavy atom. The minimum Gasteiger partial charge on any atom is -0.507 e. The van der Waals surface area contributed by atoms with Crippen LogP contribution in [0.3, 0.4) is 0 Å². The summed E-state index contributed by atoms with van der Waals surface area (Å²) in [6.45, 7) is 25.5. The second-order valence-electron chi connectivity index (χ2n) is 13.0. The molecule has 2 rings (SSSR count). The fourth-order valence-electron chi connectivity index (χ4n) is 4.02. The fraction of sp³-hybridized carbons (Fsp3) is 0.581. The minimum absolute atomic E-state index is 0.0429. The van der Waals surface area contributed by atoms with Crippen LogP contribution < -0.4 is 4.74 Å². The van der Waals surface area contributed by atoms with Gasteiger partial charge in [-0.25, -0.2) is 4.79 Å². The molecule has 0 saturated carbocycles. The molecular weight excluding hydrogens is 420 g/mol. The maximum absolute atomic E-state index is 13.5. The number of phenolic OH excluding ortho intramolecular Hbond substituents is 1. The number of carbonyl (C=O) groups excluding carboxylic acids is 1. The molecule has 3 heteroatoms. The van der Waals surface area contributed by atoms with Crippen molar-refractivity contribution in [2.24, 2.45) is 0 Å². The van der Waals surface area contributed by atoms with Crippen molar-refractivity contribution >= 4 is 5.97 Å². The van der Waals surface area contributed by atoms with Gasteiger partial charge >= 0.3 is 5.97 Å². The van der Waals surface area contributed by atoms with E-state index in [0.29, 0.717) is 11.3 Å². The van der Waals surface area contributed by atoms with Crippen LogP contribution in [0, 0.1) is 0 Å². The summed E-state index contributed by atoms with van der Waals surface area (Å²) in [5.41, 5.74) is 3.53. The van der Waals surface area contributed by atoms with Crippen LogP contribution in [0.15, 0.2) is 30.3 Å². The molecule has 0 saturated heterocycles. The van der Waals surface area contributed by atoms with Gasteiger partial charge in [-0.05, 0) is 58.3 Å². The first-order valence-corrected chi connectivity index (χ1v) is 12.6. The number of aromatic hydroxyl groups is 1. The highest BCUT2D eigenvalue weighted by Gasteiger charge is 2.30. The van der Waals surface area contributed by atoms with Gasteiger partial charge in [0.2, 0.25) is 0 Å². The number of rotatable bonds is 6. The number of carbonyl (C=O) groups is 1. The van der Waals surface area contributed by atoms with Crippen LogP contribution >= 0.6 is 0 Å². The summed E-state index contributed by atoms with van der Waals surface area (Å²) < 4.78 is 6.08. The molecule has 0 amide bonds. The number of hydrogen-bond donors (Lipinski definition) is 1. The van der Waals surface area contributed by atoms with Crippen LogP contribution in [-0.2, 0) is 21.7 Å². The molecule has 3 nitrogen and oxygen atoms in total. The van der Waals surface area contributed by atoms with Crippen molar-refractivity contribution < 1.29 is 14.6 Å². The number of ether oxygens (including phenoxy) is 1. The summed E-state index contributed by atoms with van der Waals surface area (Å²) in [4.78, 5) is 13.5. The summed E-state index contributed by atoms with van der Waals surface area (Å²) in [6.07, 6.45) is 1.95. The molecule has 0 atom stereocenters. The first kappa shape index (κ1) is 28.0. The molecule has 0 aliphatic carbocycles. The zero-order valence-corrected chi connectivity index (χ0v) is 23.6. The molecule has 0 unspecified atom stereocenters. The van der Waals surface area contributed by atoms with Crippen LogP contribution in [0.2, 0.25) is 0 Å². The number of phenols is 1. The van der Waals surface area contributed by atoms with Crippen LogP contribution in [0.4, 0.5) is 0 Å². The predicted molar refractivity (Wildman–Crippen MR) is 144 cm³/mol. The number of esters is 1. The summed E-state index contributed by atoms with van der Waals surface area (Å²) in [7, 11) is 0. The Bertz CT molecular complexity index is 1010. The highest BCUT2D eigenvalue weighted by molar-refractivity contribution is 5.92. The van der Waals surface area contributed by atoms with Gasteiger partial charge in [0.15, 0.2) is 0 Å². The fourth-order valence-corrected chi connectivity index (χ4v) is 4.02. The van der Waals surface area contributed by atoms with E-state index in [1.54, 1.807) is 12.1 Å². The molecule has 0 aliphatic rings. The largest absolute Gasteiger partial charge is 0.507 e. The molecule has 188 valence electrons. The van der Waals surface area contributed by atoms with E-state index in [1.807, 2.05) is 47.6 Å². The maximum Gasteiger partial charge on any atom is 0.343 e. The van der Waals surface area contributed by atoms with Gasteiger partial charge in [0.05, 0.1) is 5.56 Å². The van der Waals surface area contributed by atoms with Gasteiger partial charge in [-0.1, -0.05) is 95.2 Å². The lowest BCUT2D eigenvalue weighted by molar-refractivity contribution is 0.0731. The van der Waals surface area contributed by atoms with Crippen LogP contribution in [0.5, 0.6) is 11.5 Å². The second-order valence-corrected chi connectivity index (χ2v) is 13.0. The normalized spacial score (nSPS) is 13.2. The first-order valence-electron chi connectivity index (χ1n) is 12.6. The third-order valence-corrected chi connectivity index (χ3v) is 7.42. The molecule has 2 aromatic carbocycles. The second kappa shape index (κ2) is 9.40. The molecule has 0 aromatic heterocycles. The topological polar surface area (TPSA) is 46.5 Å². The summed E-state index contributed by atoms with van der Waals surface area (Å²) in [5.74, 6) is 0.470. The number of benzene rings is 2. The smallest absolute Gasteiger partial charge is 0.343 e. The monoisotopic (exact) mass is 466 g/mol. The molecule has 0 bridgehead atoms. The molecule has 1 N–H and O–H groups in total. The first-order chi connectivity index (χ1) is 15.3. The van der Waals surface area contributed by atoms with E-state index in [1.165, 1.54) is 5.56 Å². The van der Waals surface area contributed by atoms with Crippen molar-refractivity contribution in [1.29, 1.82) is 0 Å². The van der Waals surface area contributed by atoms with Crippen molar-refractivity contribution in [3.63, 3.8) is 0 Å². The highest BCUT2D eigenvalue weighted by Crippen LogP contribution is 2.41. The van der Waals surface area contributed by atoms with Crippen molar-refractivity contribution in [1.82, 2.24) is 0 Å².